The van der Waals surface area contributed by atoms with Crippen LogP contribution in [0.1, 0.15) is 31.2 Å². The van der Waals surface area contributed by atoms with Gasteiger partial charge in [0.1, 0.15) is 17.5 Å². The SMILES string of the molecule is COCCNc1cc(Nc2ccc(C(C)C)cc2)nc(C)n1. The van der Waals surface area contributed by atoms with Crippen LogP contribution in [-0.4, -0.2) is 30.2 Å². The van der Waals surface area contributed by atoms with E-state index in [4.69, 9.17) is 4.74 Å². The average molecular weight is 300 g/mol. The van der Waals surface area contributed by atoms with Gasteiger partial charge in [-0.05, 0) is 30.5 Å². The molecular formula is C17H24N4O. The normalized spacial score (nSPS) is 10.8. The molecule has 0 unspecified atom stereocenters. The summed E-state index contributed by atoms with van der Waals surface area (Å²) in [5.41, 5.74) is 2.34. The molecule has 22 heavy (non-hydrogen) atoms. The molecule has 0 amide bonds. The van der Waals surface area contributed by atoms with Gasteiger partial charge in [-0.25, -0.2) is 9.97 Å². The number of methoxy groups -OCH3 is 1. The molecule has 0 aliphatic rings. The van der Waals surface area contributed by atoms with Crippen molar-refractivity contribution >= 4 is 17.3 Å². The van der Waals surface area contributed by atoms with Crippen LogP contribution >= 0.6 is 0 Å². The van der Waals surface area contributed by atoms with E-state index in [2.05, 4.69) is 58.7 Å². The maximum Gasteiger partial charge on any atom is 0.136 e. The summed E-state index contributed by atoms with van der Waals surface area (Å²) >= 11 is 0. The Hall–Kier alpha value is -2.14. The van der Waals surface area contributed by atoms with Crippen LogP contribution in [0, 0.1) is 6.92 Å². The van der Waals surface area contributed by atoms with Gasteiger partial charge in [0.15, 0.2) is 0 Å². The molecule has 0 saturated heterocycles. The van der Waals surface area contributed by atoms with Crippen molar-refractivity contribution in [3.8, 4) is 0 Å². The Morgan fingerprint density at radius 2 is 1.77 bits per heavy atom. The van der Waals surface area contributed by atoms with Gasteiger partial charge >= 0.3 is 0 Å². The number of nitrogens with zero attached hydrogens (tertiary/aromatic N) is 2. The van der Waals surface area contributed by atoms with Crippen molar-refractivity contribution in [2.24, 2.45) is 0 Å². The predicted octanol–water partition coefficient (Wildman–Crippen LogP) is 3.71. The lowest BCUT2D eigenvalue weighted by Gasteiger charge is -2.11. The lowest BCUT2D eigenvalue weighted by atomic mass is 10.0. The number of hydrogen-bond acceptors (Lipinski definition) is 5. The van der Waals surface area contributed by atoms with Crippen LogP contribution in [0.5, 0.6) is 0 Å². The zero-order chi connectivity index (χ0) is 15.9. The number of nitrogens with one attached hydrogen (secondary N) is 2. The Kier molecular flexibility index (Phi) is 5.72. The van der Waals surface area contributed by atoms with Crippen LogP contribution in [-0.2, 0) is 4.74 Å². The largest absolute Gasteiger partial charge is 0.383 e. The summed E-state index contributed by atoms with van der Waals surface area (Å²) in [4.78, 5) is 8.79. The van der Waals surface area contributed by atoms with Crippen LogP contribution in [0.2, 0.25) is 0 Å². The van der Waals surface area contributed by atoms with Gasteiger partial charge in [-0.15, -0.1) is 0 Å². The van der Waals surface area contributed by atoms with Gasteiger partial charge in [0.05, 0.1) is 6.61 Å². The molecule has 0 fully saturated rings. The van der Waals surface area contributed by atoms with E-state index in [0.717, 1.165) is 29.7 Å². The van der Waals surface area contributed by atoms with Crippen molar-refractivity contribution in [3.05, 3.63) is 41.7 Å². The summed E-state index contributed by atoms with van der Waals surface area (Å²) in [6.07, 6.45) is 0. The zero-order valence-corrected chi connectivity index (χ0v) is 13.7. The third kappa shape index (κ3) is 4.70. The zero-order valence-electron chi connectivity index (χ0n) is 13.7. The summed E-state index contributed by atoms with van der Waals surface area (Å²) in [6.45, 7) is 7.62. The van der Waals surface area contributed by atoms with E-state index in [0.29, 0.717) is 12.5 Å². The van der Waals surface area contributed by atoms with Crippen molar-refractivity contribution in [2.45, 2.75) is 26.7 Å². The Morgan fingerprint density at radius 1 is 1.09 bits per heavy atom. The first kappa shape index (κ1) is 16.2. The van der Waals surface area contributed by atoms with Crippen molar-refractivity contribution in [1.29, 1.82) is 0 Å². The molecule has 0 saturated carbocycles. The summed E-state index contributed by atoms with van der Waals surface area (Å²) in [5.74, 6) is 2.84. The highest BCUT2D eigenvalue weighted by molar-refractivity contribution is 5.59. The second-order valence-corrected chi connectivity index (χ2v) is 5.51. The third-order valence-electron chi connectivity index (χ3n) is 3.30. The van der Waals surface area contributed by atoms with E-state index in [1.807, 2.05) is 13.0 Å². The summed E-state index contributed by atoms with van der Waals surface area (Å²) < 4.78 is 5.03. The van der Waals surface area contributed by atoms with E-state index in [9.17, 15) is 0 Å². The minimum atomic E-state index is 0.534. The van der Waals surface area contributed by atoms with Crippen LogP contribution in [0.25, 0.3) is 0 Å². The minimum absolute atomic E-state index is 0.534. The van der Waals surface area contributed by atoms with Gasteiger partial charge in [0.25, 0.3) is 0 Å². The molecule has 0 atom stereocenters. The van der Waals surface area contributed by atoms with Crippen LogP contribution in [0.15, 0.2) is 30.3 Å². The monoisotopic (exact) mass is 300 g/mol. The Balaban J connectivity index is 2.08. The molecule has 0 bridgehead atoms. The molecule has 0 aliphatic carbocycles. The standard InChI is InChI=1S/C17H24N4O/c1-12(2)14-5-7-15(8-6-14)21-17-11-16(18-9-10-22-4)19-13(3)20-17/h5-8,11-12H,9-10H2,1-4H3,(H2,18,19,20,21). The number of anilines is 3. The number of aromatic nitrogens is 2. The number of ether oxygens (including phenoxy) is 1. The molecule has 2 aromatic rings. The number of rotatable bonds is 7. The maximum absolute atomic E-state index is 5.03. The Bertz CT molecular complexity index is 596. The van der Waals surface area contributed by atoms with Gasteiger partial charge in [-0.3, -0.25) is 0 Å². The fraction of sp³-hybridized carbons (Fsp3) is 0.412. The van der Waals surface area contributed by atoms with Gasteiger partial charge < -0.3 is 15.4 Å². The van der Waals surface area contributed by atoms with Crippen LogP contribution in [0.3, 0.4) is 0 Å². The van der Waals surface area contributed by atoms with Crippen molar-refractivity contribution in [2.75, 3.05) is 30.9 Å². The molecule has 2 N–H and O–H groups in total. The van der Waals surface area contributed by atoms with Crippen molar-refractivity contribution < 1.29 is 4.74 Å². The molecule has 118 valence electrons. The van der Waals surface area contributed by atoms with Crippen LogP contribution in [0.4, 0.5) is 17.3 Å². The van der Waals surface area contributed by atoms with E-state index in [1.54, 1.807) is 7.11 Å². The molecular weight excluding hydrogens is 276 g/mol. The van der Waals surface area contributed by atoms with Crippen LogP contribution < -0.4 is 10.6 Å². The lowest BCUT2D eigenvalue weighted by Crippen LogP contribution is -2.10. The van der Waals surface area contributed by atoms with E-state index < -0.39 is 0 Å². The van der Waals surface area contributed by atoms with Crippen molar-refractivity contribution in [1.82, 2.24) is 9.97 Å². The molecule has 1 aromatic carbocycles. The Morgan fingerprint density at radius 3 is 2.41 bits per heavy atom. The van der Waals surface area contributed by atoms with Gasteiger partial charge in [0.2, 0.25) is 0 Å². The molecule has 0 spiro atoms. The topological polar surface area (TPSA) is 59.1 Å². The van der Waals surface area contributed by atoms with E-state index in [1.165, 1.54) is 5.56 Å². The van der Waals surface area contributed by atoms with Crippen molar-refractivity contribution in [3.63, 3.8) is 0 Å². The number of benzene rings is 1. The van der Waals surface area contributed by atoms with Gasteiger partial charge in [-0.1, -0.05) is 26.0 Å². The second kappa shape index (κ2) is 7.75. The first-order valence-corrected chi connectivity index (χ1v) is 7.54. The van der Waals surface area contributed by atoms with E-state index in [-0.39, 0.29) is 0 Å². The average Bonchev–Trinajstić information content (AvgIpc) is 2.47. The molecule has 2 rings (SSSR count). The van der Waals surface area contributed by atoms with Gasteiger partial charge in [0, 0.05) is 25.4 Å². The highest BCUT2D eigenvalue weighted by atomic mass is 16.5. The lowest BCUT2D eigenvalue weighted by molar-refractivity contribution is 0.210. The highest BCUT2D eigenvalue weighted by Crippen LogP contribution is 2.20. The molecule has 1 aromatic heterocycles. The molecule has 5 heteroatoms. The summed E-state index contributed by atoms with van der Waals surface area (Å²) in [6, 6.07) is 10.3. The molecule has 0 radical (unpaired) electrons. The molecule has 0 aliphatic heterocycles. The van der Waals surface area contributed by atoms with E-state index >= 15 is 0 Å². The maximum atomic E-state index is 5.03. The number of aryl methyl sites for hydroxylation is 1. The fourth-order valence-electron chi connectivity index (χ4n) is 2.10. The molecule has 1 heterocycles. The molecule has 5 nitrogen and oxygen atoms in total. The Labute approximate surface area is 132 Å². The van der Waals surface area contributed by atoms with Gasteiger partial charge in [-0.2, -0.15) is 0 Å². The smallest absolute Gasteiger partial charge is 0.136 e. The first-order chi connectivity index (χ1) is 10.6. The number of hydrogen-bond donors (Lipinski definition) is 2. The predicted molar refractivity (Wildman–Crippen MR) is 90.9 cm³/mol. The fourth-order valence-corrected chi connectivity index (χ4v) is 2.10. The first-order valence-electron chi connectivity index (χ1n) is 7.54. The third-order valence-corrected chi connectivity index (χ3v) is 3.30. The summed E-state index contributed by atoms with van der Waals surface area (Å²) in [5, 5.41) is 6.54. The summed E-state index contributed by atoms with van der Waals surface area (Å²) in [7, 11) is 1.68. The minimum Gasteiger partial charge on any atom is -0.383 e. The quantitative estimate of drug-likeness (QED) is 0.763. The second-order valence-electron chi connectivity index (χ2n) is 5.51. The highest BCUT2D eigenvalue weighted by Gasteiger charge is 2.03.